The maximum Gasteiger partial charge on any atom is 0.269 e. The number of carbonyl (C=O) groups excluding carboxylic acids is 3. The molecule has 1 unspecified atom stereocenters. The van der Waals surface area contributed by atoms with E-state index in [1.807, 2.05) is 31.4 Å². The fraction of sp³-hybridized carbons (Fsp3) is 0.422. The molecule has 5 aliphatic rings. The molecule has 1 spiro atoms. The normalized spacial score (nSPS) is 19.8. The molecule has 3 aliphatic heterocycles. The lowest BCUT2D eigenvalue weighted by Gasteiger charge is -2.53. The SMILES string of the molecule is C1CC1.CNc1cc(N2CCc3c(-c4ccc(CN5CC6(CCC(COc7ccc(Cl)c(C8CCC(=O)NC8=O)c7)CC6)C5)cn4)cccc32)nn2c(C(N)=O)cnc12. The van der Waals surface area contributed by atoms with E-state index in [0.29, 0.717) is 53.0 Å². The zero-order valence-corrected chi connectivity index (χ0v) is 34.1. The molecule has 5 aromatic rings. The second-order valence-corrected chi connectivity index (χ2v) is 17.2. The van der Waals surface area contributed by atoms with Crippen molar-refractivity contribution in [2.75, 3.05) is 43.5 Å². The Balaban J connectivity index is 0.00000143. The molecule has 3 amide bonds. The molecule has 0 radical (unpaired) electrons. The van der Waals surface area contributed by atoms with Gasteiger partial charge in [-0.3, -0.25) is 29.6 Å². The van der Waals surface area contributed by atoms with Gasteiger partial charge in [-0.05, 0) is 96.9 Å². The highest BCUT2D eigenvalue weighted by Gasteiger charge is 2.45. The largest absolute Gasteiger partial charge is 0.493 e. The molecule has 14 heteroatoms. The summed E-state index contributed by atoms with van der Waals surface area (Å²) in [5, 5.41) is 10.9. The van der Waals surface area contributed by atoms with Crippen molar-refractivity contribution in [1.82, 2.24) is 29.8 Å². The Morgan fingerprint density at radius 3 is 2.53 bits per heavy atom. The number of hydrogen-bond donors (Lipinski definition) is 3. The minimum absolute atomic E-state index is 0.235. The number of anilines is 3. The molecule has 4 N–H and O–H groups in total. The number of likely N-dealkylation sites (tertiary alicyclic amines) is 1. The Morgan fingerprint density at radius 1 is 1.00 bits per heavy atom. The molecule has 3 aromatic heterocycles. The summed E-state index contributed by atoms with van der Waals surface area (Å²) in [7, 11) is 1.82. The summed E-state index contributed by atoms with van der Waals surface area (Å²) >= 11 is 6.45. The van der Waals surface area contributed by atoms with Crippen LogP contribution in [0, 0.1) is 11.3 Å². The van der Waals surface area contributed by atoms with Gasteiger partial charge in [-0.15, -0.1) is 5.10 Å². The number of carbonyl (C=O) groups is 3. The van der Waals surface area contributed by atoms with E-state index >= 15 is 0 Å². The van der Waals surface area contributed by atoms with Crippen LogP contribution in [0.2, 0.25) is 5.02 Å². The van der Waals surface area contributed by atoms with Gasteiger partial charge in [0, 0.05) is 68.2 Å². The van der Waals surface area contributed by atoms with Crippen molar-refractivity contribution in [1.29, 1.82) is 0 Å². The number of piperidine rings is 1. The van der Waals surface area contributed by atoms with Crippen molar-refractivity contribution in [2.24, 2.45) is 17.1 Å². The van der Waals surface area contributed by atoms with Crippen LogP contribution in [0.25, 0.3) is 16.9 Å². The van der Waals surface area contributed by atoms with Gasteiger partial charge in [0.15, 0.2) is 11.5 Å². The molecule has 2 saturated carbocycles. The van der Waals surface area contributed by atoms with Crippen LogP contribution in [0.15, 0.2) is 67.0 Å². The minimum atomic E-state index is -0.581. The number of rotatable bonds is 10. The second-order valence-electron chi connectivity index (χ2n) is 16.8. The number of imidazole rings is 1. The highest BCUT2D eigenvalue weighted by Crippen LogP contribution is 2.46. The Bertz CT molecular complexity index is 2400. The summed E-state index contributed by atoms with van der Waals surface area (Å²) in [6, 6.07) is 18.1. The van der Waals surface area contributed by atoms with E-state index in [2.05, 4.69) is 55.7 Å². The maximum atomic E-state index is 12.4. The number of benzene rings is 2. The van der Waals surface area contributed by atoms with Crippen molar-refractivity contribution >= 4 is 52.2 Å². The quantitative estimate of drug-likeness (QED) is 0.125. The number of ether oxygens (including phenoxy) is 1. The third-order valence-electron chi connectivity index (χ3n) is 12.5. The summed E-state index contributed by atoms with van der Waals surface area (Å²) < 4.78 is 7.75. The lowest BCUT2D eigenvalue weighted by Crippen LogP contribution is -2.57. The van der Waals surface area contributed by atoms with Crippen LogP contribution >= 0.6 is 11.6 Å². The number of pyridine rings is 1. The molecule has 2 saturated heterocycles. The number of amides is 3. The summed E-state index contributed by atoms with van der Waals surface area (Å²) in [4.78, 5) is 50.1. The molecular weight excluding hydrogens is 766 g/mol. The molecular formula is C45H50ClN9O4. The summed E-state index contributed by atoms with van der Waals surface area (Å²) in [6.45, 7) is 4.48. The van der Waals surface area contributed by atoms with Crippen LogP contribution < -0.4 is 26.0 Å². The number of nitrogens with one attached hydrogen (secondary N) is 2. The number of hydrogen-bond acceptors (Lipinski definition) is 10. The first kappa shape index (κ1) is 39.0. The van der Waals surface area contributed by atoms with E-state index < -0.39 is 11.8 Å². The molecule has 0 bridgehead atoms. The van der Waals surface area contributed by atoms with E-state index in [-0.39, 0.29) is 17.5 Å². The lowest BCUT2D eigenvalue weighted by atomic mass is 9.66. The van der Waals surface area contributed by atoms with Gasteiger partial charge in [-0.2, -0.15) is 0 Å². The molecule has 6 heterocycles. The van der Waals surface area contributed by atoms with Gasteiger partial charge in [0.2, 0.25) is 11.8 Å². The fourth-order valence-corrected chi connectivity index (χ4v) is 9.41. The topological polar surface area (TPSA) is 160 Å². The number of imide groups is 1. The molecule has 2 aliphatic carbocycles. The monoisotopic (exact) mass is 815 g/mol. The van der Waals surface area contributed by atoms with E-state index in [4.69, 9.17) is 32.2 Å². The van der Waals surface area contributed by atoms with Crippen LogP contribution in [-0.4, -0.2) is 75.5 Å². The second kappa shape index (κ2) is 16.3. The van der Waals surface area contributed by atoms with Crippen LogP contribution in [0.4, 0.5) is 17.2 Å². The molecule has 59 heavy (non-hydrogen) atoms. The zero-order valence-electron chi connectivity index (χ0n) is 33.4. The van der Waals surface area contributed by atoms with Gasteiger partial charge in [0.25, 0.3) is 5.91 Å². The number of primary amides is 1. The predicted molar refractivity (Wildman–Crippen MR) is 227 cm³/mol. The summed E-state index contributed by atoms with van der Waals surface area (Å²) in [6.07, 6.45) is 14.2. The van der Waals surface area contributed by atoms with Crippen molar-refractivity contribution < 1.29 is 19.1 Å². The molecule has 2 aromatic carbocycles. The summed E-state index contributed by atoms with van der Waals surface area (Å²) in [5.74, 6) is 0.362. The number of nitrogens with two attached hydrogens (primary N) is 1. The molecule has 1 atom stereocenters. The smallest absolute Gasteiger partial charge is 0.269 e. The number of fused-ring (bicyclic) bond motifs is 2. The Labute approximate surface area is 348 Å². The van der Waals surface area contributed by atoms with E-state index in [9.17, 15) is 14.4 Å². The van der Waals surface area contributed by atoms with E-state index in [1.165, 1.54) is 53.9 Å². The van der Waals surface area contributed by atoms with Crippen molar-refractivity contribution in [2.45, 2.75) is 76.7 Å². The predicted octanol–water partition coefficient (Wildman–Crippen LogP) is 7.04. The lowest BCUT2D eigenvalue weighted by molar-refractivity contribution is -0.134. The van der Waals surface area contributed by atoms with Gasteiger partial charge in [0.1, 0.15) is 11.4 Å². The van der Waals surface area contributed by atoms with Gasteiger partial charge >= 0.3 is 0 Å². The molecule has 306 valence electrons. The van der Waals surface area contributed by atoms with Gasteiger partial charge in [-0.25, -0.2) is 9.50 Å². The number of nitrogens with zero attached hydrogens (tertiary/aromatic N) is 6. The Kier molecular flexibility index (Phi) is 10.7. The van der Waals surface area contributed by atoms with Crippen molar-refractivity contribution in [3.05, 3.63) is 94.4 Å². The summed E-state index contributed by atoms with van der Waals surface area (Å²) in [5.41, 5.74) is 13.8. The third kappa shape index (κ3) is 8.10. The van der Waals surface area contributed by atoms with Crippen LogP contribution in [0.1, 0.15) is 90.9 Å². The third-order valence-corrected chi connectivity index (χ3v) is 12.8. The van der Waals surface area contributed by atoms with Crippen LogP contribution in [-0.2, 0) is 22.6 Å². The van der Waals surface area contributed by atoms with Crippen LogP contribution in [0.5, 0.6) is 5.75 Å². The first-order valence-electron chi connectivity index (χ1n) is 20.9. The standard InChI is InChI=1S/C42H44ClN9O4.C3H6/c1-45-34-18-37(49-52-36(39(44)54)20-47-40(34)52)51-16-13-29-28(3-2-4-35(29)51)33-9-5-26(19-46-33)21-50-23-42(24-50)14-11-25(12-15-42)22-56-27-6-8-32(43)31(17-27)30-7-10-38(53)48-41(30)55;1-2-3-1/h2-6,8-9,17-20,25,30,45H,7,10-16,21-24H2,1H3,(H2,44,54)(H,48,53,55);1-3H2. The maximum absolute atomic E-state index is 12.4. The molecule has 13 nitrogen and oxygen atoms in total. The molecule has 4 fully saturated rings. The van der Waals surface area contributed by atoms with Crippen LogP contribution in [0.3, 0.4) is 0 Å². The van der Waals surface area contributed by atoms with E-state index in [1.54, 1.807) is 6.07 Å². The highest BCUT2D eigenvalue weighted by atomic mass is 35.5. The average molecular weight is 816 g/mol. The average Bonchev–Trinajstić information content (AvgIpc) is 3.95. The molecule has 10 rings (SSSR count). The van der Waals surface area contributed by atoms with Gasteiger partial charge in [-0.1, -0.05) is 49.1 Å². The Morgan fingerprint density at radius 2 is 1.81 bits per heavy atom. The zero-order chi connectivity index (χ0) is 40.7. The van der Waals surface area contributed by atoms with Crippen molar-refractivity contribution in [3.8, 4) is 17.0 Å². The fourth-order valence-electron chi connectivity index (χ4n) is 9.16. The van der Waals surface area contributed by atoms with E-state index in [0.717, 1.165) is 73.6 Å². The first-order chi connectivity index (χ1) is 28.7. The first-order valence-corrected chi connectivity index (χ1v) is 21.2. The Hall–Kier alpha value is -5.53. The van der Waals surface area contributed by atoms with Gasteiger partial charge < -0.3 is 20.7 Å². The van der Waals surface area contributed by atoms with Gasteiger partial charge in [0.05, 0.1) is 30.1 Å². The number of aromatic nitrogens is 4. The van der Waals surface area contributed by atoms with Crippen molar-refractivity contribution in [3.63, 3.8) is 0 Å². The highest BCUT2D eigenvalue weighted by molar-refractivity contribution is 6.31. The number of halogens is 1. The minimum Gasteiger partial charge on any atom is -0.493 e.